The lowest BCUT2D eigenvalue weighted by atomic mass is 10.0. The molecular weight excluding hydrogens is 432 g/mol. The molecule has 15 heteroatoms. The molecule has 0 aliphatic heterocycles. The van der Waals surface area contributed by atoms with E-state index in [0.717, 1.165) is 25.1 Å². The van der Waals surface area contributed by atoms with E-state index >= 15 is 0 Å². The summed E-state index contributed by atoms with van der Waals surface area (Å²) in [5.41, 5.74) is -6.82. The average Bonchev–Trinajstić information content (AvgIpc) is 2.98. The molecule has 2 rings (SSSR count). The third-order valence-electron chi connectivity index (χ3n) is 3.70. The highest BCUT2D eigenvalue weighted by molar-refractivity contribution is 5.48. The fourth-order valence-electron chi connectivity index (χ4n) is 2.24. The van der Waals surface area contributed by atoms with E-state index in [9.17, 15) is 54.0 Å². The van der Waals surface area contributed by atoms with Gasteiger partial charge in [0.15, 0.2) is 5.69 Å². The van der Waals surface area contributed by atoms with Gasteiger partial charge >= 0.3 is 24.2 Å². The zero-order valence-corrected chi connectivity index (χ0v) is 13.7. The van der Waals surface area contributed by atoms with Crippen LogP contribution in [0, 0.1) is 17.0 Å². The Morgan fingerprint density at radius 3 is 1.86 bits per heavy atom. The molecule has 1 aromatic heterocycles. The lowest BCUT2D eigenvalue weighted by Crippen LogP contribution is -2.40. The highest BCUT2D eigenvalue weighted by Gasteiger charge is 2.67. The van der Waals surface area contributed by atoms with Crippen molar-refractivity contribution in [1.29, 1.82) is 0 Å². The van der Waals surface area contributed by atoms with E-state index in [1.54, 1.807) is 0 Å². The molecule has 1 aromatic carbocycles. The molecule has 29 heavy (non-hydrogen) atoms. The second kappa shape index (κ2) is 6.59. The minimum absolute atomic E-state index is 0.0688. The second-order valence-corrected chi connectivity index (χ2v) is 5.71. The highest BCUT2D eigenvalue weighted by Crippen LogP contribution is 2.51. The molecule has 0 unspecified atom stereocenters. The minimum Gasteiger partial charge on any atom is -0.258 e. The van der Waals surface area contributed by atoms with Gasteiger partial charge in [-0.3, -0.25) is 10.1 Å². The summed E-state index contributed by atoms with van der Waals surface area (Å²) < 4.78 is 130. The van der Waals surface area contributed by atoms with Gasteiger partial charge in [-0.25, -0.2) is 4.68 Å². The molecule has 5 nitrogen and oxygen atoms in total. The van der Waals surface area contributed by atoms with Crippen molar-refractivity contribution >= 4 is 5.69 Å². The van der Waals surface area contributed by atoms with E-state index in [0.29, 0.717) is 0 Å². The summed E-state index contributed by atoms with van der Waals surface area (Å²) in [4.78, 5) is 9.87. The monoisotopic (exact) mass is 439 g/mol. The Labute approximate surface area is 153 Å². The lowest BCUT2D eigenvalue weighted by Gasteiger charge is -2.23. The molecule has 0 aliphatic carbocycles. The van der Waals surface area contributed by atoms with Crippen LogP contribution in [0.1, 0.15) is 16.8 Å². The topological polar surface area (TPSA) is 61.0 Å². The number of nitro groups is 1. The minimum atomic E-state index is -6.52. The number of aromatic nitrogens is 2. The zero-order chi connectivity index (χ0) is 22.6. The zero-order valence-electron chi connectivity index (χ0n) is 13.7. The predicted molar refractivity (Wildman–Crippen MR) is 74.9 cm³/mol. The molecule has 0 saturated carbocycles. The van der Waals surface area contributed by atoms with Crippen molar-refractivity contribution in [2.45, 2.75) is 31.1 Å². The van der Waals surface area contributed by atoms with Crippen LogP contribution in [0.4, 0.5) is 49.6 Å². The summed E-state index contributed by atoms with van der Waals surface area (Å²) in [6.45, 7) is 1.11. The number of halogens is 10. The number of hydrogen-bond acceptors (Lipinski definition) is 3. The Morgan fingerprint density at radius 1 is 0.931 bits per heavy atom. The molecule has 2 aromatic rings. The Bertz CT molecular complexity index is 903. The van der Waals surface area contributed by atoms with Crippen LogP contribution in [0.3, 0.4) is 0 Å². The van der Waals surface area contributed by atoms with Crippen molar-refractivity contribution < 1.29 is 48.8 Å². The van der Waals surface area contributed by atoms with E-state index in [1.807, 2.05) is 0 Å². The fourth-order valence-corrected chi connectivity index (χ4v) is 2.24. The normalized spacial score (nSPS) is 13.6. The van der Waals surface area contributed by atoms with Gasteiger partial charge in [0.05, 0.1) is 16.2 Å². The standard InChI is InChI=1S/C14H7F10N3O2/c1-6-4-7(2-3-9(6)27(28)29)26-5-8(11(15,16)13(19,20)21)10(25-26)12(17,18)14(22,23)24/h2-5H,1H3. The van der Waals surface area contributed by atoms with Crippen LogP contribution in [-0.2, 0) is 11.8 Å². The van der Waals surface area contributed by atoms with E-state index in [1.165, 1.54) is 0 Å². The first-order valence-electron chi connectivity index (χ1n) is 7.16. The van der Waals surface area contributed by atoms with E-state index < -0.39 is 51.8 Å². The smallest absolute Gasteiger partial charge is 0.258 e. The van der Waals surface area contributed by atoms with Crippen molar-refractivity contribution in [3.63, 3.8) is 0 Å². The predicted octanol–water partition coefficient (Wildman–Crippen LogP) is 5.40. The maximum Gasteiger partial charge on any atom is 0.459 e. The number of aryl methyl sites for hydroxylation is 1. The SMILES string of the molecule is Cc1cc(-n2cc(C(F)(F)C(F)(F)F)c(C(F)(F)C(F)(F)F)n2)ccc1[N+](=O)[O-]. The number of rotatable bonds is 4. The van der Waals surface area contributed by atoms with Gasteiger partial charge in [0.2, 0.25) is 0 Å². The molecule has 0 saturated heterocycles. The molecule has 1 heterocycles. The molecule has 0 N–H and O–H groups in total. The first-order chi connectivity index (χ1) is 12.9. The molecule has 0 amide bonds. The molecule has 0 radical (unpaired) electrons. The van der Waals surface area contributed by atoms with Crippen LogP contribution in [-0.4, -0.2) is 27.1 Å². The molecular formula is C14H7F10N3O2. The summed E-state index contributed by atoms with van der Waals surface area (Å²) in [7, 11) is 0. The second-order valence-electron chi connectivity index (χ2n) is 5.71. The van der Waals surface area contributed by atoms with Crippen LogP contribution in [0.25, 0.3) is 5.69 Å². The lowest BCUT2D eigenvalue weighted by molar-refractivity contribution is -0.385. The average molecular weight is 439 g/mol. The third kappa shape index (κ3) is 3.72. The molecule has 0 fully saturated rings. The van der Waals surface area contributed by atoms with Crippen molar-refractivity contribution in [1.82, 2.24) is 9.78 Å². The van der Waals surface area contributed by atoms with Crippen LogP contribution in [0.2, 0.25) is 0 Å². The first kappa shape index (κ1) is 22.4. The first-order valence-corrected chi connectivity index (χ1v) is 7.16. The summed E-state index contributed by atoms with van der Waals surface area (Å²) in [5, 5.41) is 13.4. The van der Waals surface area contributed by atoms with E-state index in [2.05, 4.69) is 5.10 Å². The number of alkyl halides is 10. The van der Waals surface area contributed by atoms with Gasteiger partial charge in [0, 0.05) is 17.8 Å². The van der Waals surface area contributed by atoms with Crippen LogP contribution >= 0.6 is 0 Å². The van der Waals surface area contributed by atoms with Crippen LogP contribution in [0.15, 0.2) is 24.4 Å². The largest absolute Gasteiger partial charge is 0.459 e. The van der Waals surface area contributed by atoms with Crippen molar-refractivity contribution in [2.75, 3.05) is 0 Å². The van der Waals surface area contributed by atoms with Gasteiger partial charge < -0.3 is 0 Å². The van der Waals surface area contributed by atoms with Gasteiger partial charge in [0.1, 0.15) is 0 Å². The van der Waals surface area contributed by atoms with Gasteiger partial charge in [-0.2, -0.15) is 49.0 Å². The van der Waals surface area contributed by atoms with Crippen molar-refractivity contribution in [3.8, 4) is 5.69 Å². The Morgan fingerprint density at radius 2 is 1.45 bits per heavy atom. The molecule has 0 aliphatic rings. The summed E-state index contributed by atoms with van der Waals surface area (Å²) in [5.74, 6) is -12.2. The Hall–Kier alpha value is -2.87. The molecule has 0 atom stereocenters. The summed E-state index contributed by atoms with van der Waals surface area (Å²) in [6, 6.07) is 2.26. The van der Waals surface area contributed by atoms with Gasteiger partial charge in [0.25, 0.3) is 5.69 Å². The van der Waals surface area contributed by atoms with Crippen molar-refractivity contribution in [3.05, 3.63) is 51.3 Å². The number of nitrogens with zero attached hydrogens (tertiary/aromatic N) is 3. The number of nitro benzene ring substituents is 1. The third-order valence-corrected chi connectivity index (χ3v) is 3.70. The fraction of sp³-hybridized carbons (Fsp3) is 0.357. The van der Waals surface area contributed by atoms with Gasteiger partial charge in [-0.1, -0.05) is 0 Å². The molecule has 0 bridgehead atoms. The van der Waals surface area contributed by atoms with E-state index in [4.69, 9.17) is 0 Å². The van der Waals surface area contributed by atoms with Crippen LogP contribution < -0.4 is 0 Å². The quantitative estimate of drug-likeness (QED) is 0.364. The highest BCUT2D eigenvalue weighted by atomic mass is 19.4. The van der Waals surface area contributed by atoms with Crippen LogP contribution in [0.5, 0.6) is 0 Å². The van der Waals surface area contributed by atoms with E-state index in [-0.39, 0.29) is 16.4 Å². The summed E-state index contributed by atoms with van der Waals surface area (Å²) >= 11 is 0. The van der Waals surface area contributed by atoms with Gasteiger partial charge in [-0.15, -0.1) is 0 Å². The Kier molecular flexibility index (Phi) is 5.09. The number of hydrogen-bond donors (Lipinski definition) is 0. The van der Waals surface area contributed by atoms with Crippen molar-refractivity contribution in [2.24, 2.45) is 0 Å². The maximum absolute atomic E-state index is 13.7. The number of benzene rings is 1. The van der Waals surface area contributed by atoms with Gasteiger partial charge in [-0.05, 0) is 19.1 Å². The summed E-state index contributed by atoms with van der Waals surface area (Å²) in [6.07, 6.45) is -13.3. The maximum atomic E-state index is 13.7. The molecule has 160 valence electrons. The molecule has 0 spiro atoms. The Balaban J connectivity index is 2.77.